The highest BCUT2D eigenvalue weighted by Gasteiger charge is 2.22. The summed E-state index contributed by atoms with van der Waals surface area (Å²) in [5.74, 6) is 1.43. The van der Waals surface area contributed by atoms with Crippen LogP contribution in [0.25, 0.3) is 0 Å². The summed E-state index contributed by atoms with van der Waals surface area (Å²) in [7, 11) is 0. The van der Waals surface area contributed by atoms with Gasteiger partial charge in [-0.15, -0.1) is 11.8 Å². The van der Waals surface area contributed by atoms with Crippen LogP contribution in [0.5, 0.6) is 0 Å². The van der Waals surface area contributed by atoms with Crippen LogP contribution in [0, 0.1) is 11.8 Å². The number of ketones is 1. The zero-order chi connectivity index (χ0) is 15.9. The van der Waals surface area contributed by atoms with E-state index in [4.69, 9.17) is 0 Å². The van der Waals surface area contributed by atoms with Gasteiger partial charge in [-0.25, -0.2) is 0 Å². The van der Waals surface area contributed by atoms with Crippen LogP contribution in [0.2, 0.25) is 0 Å². The number of thioether (sulfide) groups is 1. The number of carbonyl (C=O) groups is 1. The minimum absolute atomic E-state index is 0.0541. The number of carbonyl (C=O) groups excluding carboxylic acids is 1. The summed E-state index contributed by atoms with van der Waals surface area (Å²) in [6.07, 6.45) is 7.84. The SMILES string of the molecule is C=C1/C=C\[C@H](C(C)C)CCC(=O)C(Sc2ccccc2)CC1. The summed E-state index contributed by atoms with van der Waals surface area (Å²) >= 11 is 1.71. The number of allylic oxidation sites excluding steroid dienone is 3. The molecule has 0 fully saturated rings. The summed E-state index contributed by atoms with van der Waals surface area (Å²) in [5, 5.41) is 0.0541. The van der Waals surface area contributed by atoms with Crippen LogP contribution in [-0.4, -0.2) is 11.0 Å². The monoisotopic (exact) mass is 314 g/mol. The van der Waals surface area contributed by atoms with Crippen molar-refractivity contribution in [3.05, 3.63) is 54.6 Å². The lowest BCUT2D eigenvalue weighted by atomic mass is 9.87. The van der Waals surface area contributed by atoms with E-state index in [1.165, 1.54) is 4.90 Å². The van der Waals surface area contributed by atoms with Crippen LogP contribution in [-0.2, 0) is 4.79 Å². The molecule has 1 aliphatic carbocycles. The molecule has 1 aromatic rings. The molecule has 1 unspecified atom stereocenters. The molecule has 0 saturated carbocycles. The highest BCUT2D eigenvalue weighted by Crippen LogP contribution is 2.31. The first-order valence-electron chi connectivity index (χ1n) is 8.16. The van der Waals surface area contributed by atoms with Gasteiger partial charge in [0, 0.05) is 11.3 Å². The number of benzene rings is 1. The molecule has 0 spiro atoms. The zero-order valence-corrected chi connectivity index (χ0v) is 14.4. The molecule has 0 bridgehead atoms. The molecular formula is C20H26OS. The van der Waals surface area contributed by atoms with Crippen LogP contribution in [0.15, 0.2) is 59.5 Å². The molecule has 2 rings (SSSR count). The Morgan fingerprint density at radius 3 is 2.55 bits per heavy atom. The summed E-state index contributed by atoms with van der Waals surface area (Å²) in [5.41, 5.74) is 1.14. The zero-order valence-electron chi connectivity index (χ0n) is 13.6. The van der Waals surface area contributed by atoms with Crippen molar-refractivity contribution in [1.29, 1.82) is 0 Å². The quantitative estimate of drug-likeness (QED) is 0.714. The molecule has 118 valence electrons. The van der Waals surface area contributed by atoms with E-state index in [1.54, 1.807) is 11.8 Å². The Hall–Kier alpha value is -1.28. The van der Waals surface area contributed by atoms with E-state index in [2.05, 4.69) is 44.7 Å². The maximum atomic E-state index is 12.6. The molecule has 0 aromatic heterocycles. The van der Waals surface area contributed by atoms with Gasteiger partial charge in [0.25, 0.3) is 0 Å². The molecule has 1 aromatic carbocycles. The normalized spacial score (nSPS) is 25.2. The summed E-state index contributed by atoms with van der Waals surface area (Å²) in [4.78, 5) is 13.8. The molecule has 0 saturated heterocycles. The number of Topliss-reactive ketones (excluding diaryl/α,β-unsaturated/α-hetero) is 1. The standard InChI is InChI=1S/C20H26OS/c1-15(2)17-11-9-16(3)10-14-20(19(21)13-12-17)22-18-7-5-4-6-8-18/h4-9,11,15,17,20H,3,10,12-14H2,1-2H3/b11-9-/t17-,20?/m0/s1. The minimum atomic E-state index is 0.0541. The second-order valence-electron chi connectivity index (χ2n) is 6.39. The first-order valence-corrected chi connectivity index (χ1v) is 9.04. The molecule has 2 heteroatoms. The van der Waals surface area contributed by atoms with Crippen molar-refractivity contribution in [3.63, 3.8) is 0 Å². The maximum Gasteiger partial charge on any atom is 0.146 e. The Kier molecular flexibility index (Phi) is 6.50. The smallest absolute Gasteiger partial charge is 0.146 e. The lowest BCUT2D eigenvalue weighted by Crippen LogP contribution is -2.20. The van der Waals surface area contributed by atoms with Gasteiger partial charge in [-0.05, 0) is 43.2 Å². The molecule has 2 atom stereocenters. The van der Waals surface area contributed by atoms with Crippen LogP contribution in [0.4, 0.5) is 0 Å². The van der Waals surface area contributed by atoms with Gasteiger partial charge in [0.1, 0.15) is 5.78 Å². The van der Waals surface area contributed by atoms with Gasteiger partial charge in [0.2, 0.25) is 0 Å². The Bertz CT molecular complexity index is 530. The third-order valence-corrected chi connectivity index (χ3v) is 5.60. The molecule has 0 amide bonds. The van der Waals surface area contributed by atoms with Crippen molar-refractivity contribution in [2.24, 2.45) is 11.8 Å². The fourth-order valence-corrected chi connectivity index (χ4v) is 3.86. The highest BCUT2D eigenvalue weighted by molar-refractivity contribution is 8.00. The molecule has 0 radical (unpaired) electrons. The highest BCUT2D eigenvalue weighted by atomic mass is 32.2. The van der Waals surface area contributed by atoms with Crippen LogP contribution in [0.3, 0.4) is 0 Å². The molecular weight excluding hydrogens is 288 g/mol. The van der Waals surface area contributed by atoms with Gasteiger partial charge in [0.15, 0.2) is 0 Å². The Balaban J connectivity index is 2.10. The van der Waals surface area contributed by atoms with Crippen molar-refractivity contribution in [2.75, 3.05) is 0 Å². The van der Waals surface area contributed by atoms with Gasteiger partial charge in [-0.1, -0.05) is 56.4 Å². The van der Waals surface area contributed by atoms with E-state index < -0.39 is 0 Å². The van der Waals surface area contributed by atoms with E-state index in [0.717, 1.165) is 24.8 Å². The maximum absolute atomic E-state index is 12.6. The van der Waals surface area contributed by atoms with Gasteiger partial charge in [0.05, 0.1) is 5.25 Å². The van der Waals surface area contributed by atoms with Crippen molar-refractivity contribution < 1.29 is 4.79 Å². The average molecular weight is 314 g/mol. The first-order chi connectivity index (χ1) is 10.6. The summed E-state index contributed by atoms with van der Waals surface area (Å²) in [6.45, 7) is 8.59. The van der Waals surface area contributed by atoms with Gasteiger partial charge >= 0.3 is 0 Å². The van der Waals surface area contributed by atoms with Crippen LogP contribution in [0.1, 0.15) is 39.5 Å². The Morgan fingerprint density at radius 1 is 1.14 bits per heavy atom. The third kappa shape index (κ3) is 5.17. The van der Waals surface area contributed by atoms with E-state index in [9.17, 15) is 4.79 Å². The van der Waals surface area contributed by atoms with Crippen molar-refractivity contribution in [1.82, 2.24) is 0 Å². The van der Waals surface area contributed by atoms with E-state index in [1.807, 2.05) is 18.2 Å². The summed E-state index contributed by atoms with van der Waals surface area (Å²) < 4.78 is 0. The van der Waals surface area contributed by atoms with E-state index in [0.29, 0.717) is 24.0 Å². The van der Waals surface area contributed by atoms with Gasteiger partial charge in [-0.2, -0.15) is 0 Å². The van der Waals surface area contributed by atoms with Crippen molar-refractivity contribution in [3.8, 4) is 0 Å². The second kappa shape index (κ2) is 8.38. The molecule has 22 heavy (non-hydrogen) atoms. The number of hydrogen-bond donors (Lipinski definition) is 0. The van der Waals surface area contributed by atoms with Crippen molar-refractivity contribution >= 4 is 17.5 Å². The van der Waals surface area contributed by atoms with E-state index in [-0.39, 0.29) is 5.25 Å². The molecule has 0 aliphatic heterocycles. The minimum Gasteiger partial charge on any atom is -0.298 e. The van der Waals surface area contributed by atoms with Crippen LogP contribution >= 0.6 is 11.8 Å². The van der Waals surface area contributed by atoms with Crippen molar-refractivity contribution in [2.45, 2.75) is 49.7 Å². The lowest BCUT2D eigenvalue weighted by molar-refractivity contribution is -0.118. The predicted octanol–water partition coefficient (Wildman–Crippen LogP) is 5.68. The Morgan fingerprint density at radius 2 is 1.86 bits per heavy atom. The second-order valence-corrected chi connectivity index (χ2v) is 7.66. The number of hydrogen-bond acceptors (Lipinski definition) is 2. The van der Waals surface area contributed by atoms with Gasteiger partial charge < -0.3 is 0 Å². The third-order valence-electron chi connectivity index (χ3n) is 4.27. The molecule has 1 aliphatic rings. The number of rotatable bonds is 3. The lowest BCUT2D eigenvalue weighted by Gasteiger charge is -2.21. The average Bonchev–Trinajstić information content (AvgIpc) is 2.51. The Labute approximate surface area is 138 Å². The predicted molar refractivity (Wildman–Crippen MR) is 96.2 cm³/mol. The van der Waals surface area contributed by atoms with Crippen LogP contribution < -0.4 is 0 Å². The fourth-order valence-electron chi connectivity index (χ4n) is 2.73. The van der Waals surface area contributed by atoms with E-state index >= 15 is 0 Å². The van der Waals surface area contributed by atoms with Gasteiger partial charge in [-0.3, -0.25) is 4.79 Å². The molecule has 0 N–H and O–H groups in total. The first kappa shape index (κ1) is 17.1. The molecule has 1 nitrogen and oxygen atoms in total. The fraction of sp³-hybridized carbons (Fsp3) is 0.450. The largest absolute Gasteiger partial charge is 0.298 e. The molecule has 0 heterocycles. The topological polar surface area (TPSA) is 17.1 Å². The summed E-state index contributed by atoms with van der Waals surface area (Å²) in [6, 6.07) is 10.2.